The third-order valence-corrected chi connectivity index (χ3v) is 12.7. The van der Waals surface area contributed by atoms with Crippen molar-refractivity contribution in [3.8, 4) is 0 Å². The molecule has 9 heteroatoms. The highest BCUT2D eigenvalue weighted by Gasteiger charge is 2.22. The highest BCUT2D eigenvalue weighted by Crippen LogP contribution is 2.15. The number of carboxylic acids is 1. The molecule has 438 valence electrons. The first-order chi connectivity index (χ1) is 37.6. The van der Waals surface area contributed by atoms with E-state index in [1.165, 1.54) is 77.0 Å². The number of ether oxygens (including phenoxy) is 4. The maximum atomic E-state index is 12.9. The molecule has 0 aromatic rings. The van der Waals surface area contributed by atoms with Crippen molar-refractivity contribution in [3.63, 3.8) is 0 Å². The Kier molecular flexibility index (Phi) is 54.6. The van der Waals surface area contributed by atoms with Crippen LogP contribution in [0.25, 0.3) is 0 Å². The molecule has 0 N–H and O–H groups in total. The molecule has 0 heterocycles. The van der Waals surface area contributed by atoms with Crippen LogP contribution >= 0.6 is 0 Å². The van der Waals surface area contributed by atoms with Gasteiger partial charge in [0.2, 0.25) is 0 Å². The normalized spacial score (nSPS) is 13.6. The number of nitrogens with zero attached hydrogens (tertiary/aromatic N) is 1. The van der Waals surface area contributed by atoms with Crippen LogP contribution in [0.15, 0.2) is 122 Å². The predicted molar refractivity (Wildman–Crippen MR) is 324 cm³/mol. The van der Waals surface area contributed by atoms with Crippen LogP contribution < -0.4 is 5.11 Å². The van der Waals surface area contributed by atoms with Gasteiger partial charge in [-0.2, -0.15) is 0 Å². The maximum absolute atomic E-state index is 12.9. The SMILES string of the molecule is CC/C=C\C/C=C\C/C=C\C/C=C\C/C=C\C/C=C\C/C=C\C/C=C\C/C=C\C/C=C\CCCCCCCCC(=O)OC(COC(=O)CCCCCCCCCCCCCCCCC)COC(OCC[N+](C)(C)C)C(=O)[O-]. The zero-order valence-electron chi connectivity index (χ0n) is 49.8. The van der Waals surface area contributed by atoms with E-state index in [0.29, 0.717) is 17.4 Å². The van der Waals surface area contributed by atoms with E-state index in [-0.39, 0.29) is 38.6 Å². The molecule has 0 aliphatic heterocycles. The van der Waals surface area contributed by atoms with E-state index < -0.39 is 24.3 Å². The number of likely N-dealkylation sites (N-methyl/N-ethyl adjacent to an activating group) is 1. The summed E-state index contributed by atoms with van der Waals surface area (Å²) in [6, 6.07) is 0. The maximum Gasteiger partial charge on any atom is 0.306 e. The number of rotatable bonds is 55. The van der Waals surface area contributed by atoms with E-state index in [1.54, 1.807) is 0 Å². The second kappa shape index (κ2) is 57.9. The van der Waals surface area contributed by atoms with Gasteiger partial charge in [-0.25, -0.2) is 0 Å². The van der Waals surface area contributed by atoms with Crippen LogP contribution in [-0.4, -0.2) is 82.3 Å². The fourth-order valence-electron chi connectivity index (χ4n) is 8.03. The summed E-state index contributed by atoms with van der Waals surface area (Å²) in [5.41, 5.74) is 0. The summed E-state index contributed by atoms with van der Waals surface area (Å²) in [7, 11) is 5.91. The van der Waals surface area contributed by atoms with Gasteiger partial charge in [-0.05, 0) is 89.9 Å². The fraction of sp³-hybridized carbons (Fsp3) is 0.662. The van der Waals surface area contributed by atoms with Crippen LogP contribution in [0.1, 0.15) is 232 Å². The number of hydrogen-bond acceptors (Lipinski definition) is 8. The molecule has 0 bridgehead atoms. The quantitative estimate of drug-likeness (QED) is 0.0195. The van der Waals surface area contributed by atoms with Gasteiger partial charge in [0.15, 0.2) is 12.4 Å². The molecule has 0 aromatic carbocycles. The van der Waals surface area contributed by atoms with E-state index >= 15 is 0 Å². The lowest BCUT2D eigenvalue weighted by Crippen LogP contribution is -2.44. The molecule has 0 rings (SSSR count). The lowest BCUT2D eigenvalue weighted by atomic mass is 10.0. The van der Waals surface area contributed by atoms with E-state index in [0.717, 1.165) is 122 Å². The molecule has 2 atom stereocenters. The minimum absolute atomic E-state index is 0.140. The summed E-state index contributed by atoms with van der Waals surface area (Å²) in [6.07, 6.45) is 78.2. The Morgan fingerprint density at radius 2 is 0.740 bits per heavy atom. The molecule has 0 amide bonds. The van der Waals surface area contributed by atoms with Crippen molar-refractivity contribution in [1.82, 2.24) is 0 Å². The molecule has 0 aliphatic rings. The van der Waals surface area contributed by atoms with Gasteiger partial charge in [0.1, 0.15) is 13.2 Å². The van der Waals surface area contributed by atoms with Crippen molar-refractivity contribution in [2.24, 2.45) is 0 Å². The lowest BCUT2D eigenvalue weighted by Gasteiger charge is -2.26. The fourth-order valence-corrected chi connectivity index (χ4v) is 8.03. The molecular weight excluding hydrogens is 959 g/mol. The van der Waals surface area contributed by atoms with E-state index in [2.05, 4.69) is 135 Å². The first kappa shape index (κ1) is 72.7. The van der Waals surface area contributed by atoms with Crippen molar-refractivity contribution in [1.29, 1.82) is 0 Å². The minimum Gasteiger partial charge on any atom is -0.545 e. The van der Waals surface area contributed by atoms with Gasteiger partial charge in [0.25, 0.3) is 0 Å². The number of carbonyl (C=O) groups is 3. The highest BCUT2D eigenvalue weighted by molar-refractivity contribution is 5.70. The van der Waals surface area contributed by atoms with Crippen molar-refractivity contribution in [2.45, 2.75) is 245 Å². The summed E-state index contributed by atoms with van der Waals surface area (Å²) in [5.74, 6) is -2.31. The molecular formula is C68H113NO8. The molecule has 9 nitrogen and oxygen atoms in total. The zero-order chi connectivity index (χ0) is 56.2. The van der Waals surface area contributed by atoms with Gasteiger partial charge in [-0.1, -0.05) is 251 Å². The number of quaternary nitrogens is 1. The van der Waals surface area contributed by atoms with Gasteiger partial charge in [-0.15, -0.1) is 0 Å². The first-order valence-electron chi connectivity index (χ1n) is 30.7. The van der Waals surface area contributed by atoms with Crippen LogP contribution in [0.5, 0.6) is 0 Å². The minimum atomic E-state index is -1.63. The second-order valence-corrected chi connectivity index (χ2v) is 21.3. The Morgan fingerprint density at radius 3 is 1.10 bits per heavy atom. The number of esters is 2. The Hall–Kier alpha value is -4.31. The molecule has 0 aliphatic carbocycles. The van der Waals surface area contributed by atoms with E-state index in [1.807, 2.05) is 21.1 Å². The van der Waals surface area contributed by atoms with Crippen LogP contribution in [0.4, 0.5) is 0 Å². The molecule has 77 heavy (non-hydrogen) atoms. The Bertz CT molecular complexity index is 1670. The van der Waals surface area contributed by atoms with E-state index in [9.17, 15) is 19.5 Å². The van der Waals surface area contributed by atoms with Crippen molar-refractivity contribution >= 4 is 17.9 Å². The second-order valence-electron chi connectivity index (χ2n) is 21.3. The van der Waals surface area contributed by atoms with Crippen LogP contribution in [0.2, 0.25) is 0 Å². The number of allylic oxidation sites excluding steroid dienone is 20. The van der Waals surface area contributed by atoms with Gasteiger partial charge < -0.3 is 33.3 Å². The molecule has 0 saturated carbocycles. The van der Waals surface area contributed by atoms with Gasteiger partial charge in [0, 0.05) is 12.8 Å². The molecule has 0 spiro atoms. The zero-order valence-corrected chi connectivity index (χ0v) is 49.8. The summed E-state index contributed by atoms with van der Waals surface area (Å²) >= 11 is 0. The van der Waals surface area contributed by atoms with Crippen molar-refractivity contribution in [2.75, 3.05) is 47.5 Å². The van der Waals surface area contributed by atoms with Crippen molar-refractivity contribution in [3.05, 3.63) is 122 Å². The van der Waals surface area contributed by atoms with E-state index in [4.69, 9.17) is 18.9 Å². The van der Waals surface area contributed by atoms with Crippen LogP contribution in [0, 0.1) is 0 Å². The summed E-state index contributed by atoms with van der Waals surface area (Å²) in [6.45, 7) is 4.61. The third-order valence-electron chi connectivity index (χ3n) is 12.7. The topological polar surface area (TPSA) is 111 Å². The average molecular weight is 1070 g/mol. The first-order valence-corrected chi connectivity index (χ1v) is 30.7. The number of aliphatic carboxylic acids is 1. The number of carboxylic acid groups (broad SMARTS) is 1. The van der Waals surface area contributed by atoms with Gasteiger partial charge in [0.05, 0.1) is 40.3 Å². The number of unbranched alkanes of at least 4 members (excludes halogenated alkanes) is 20. The lowest BCUT2D eigenvalue weighted by molar-refractivity contribution is -0.870. The summed E-state index contributed by atoms with van der Waals surface area (Å²) in [4.78, 5) is 37.3. The molecule has 0 fully saturated rings. The van der Waals surface area contributed by atoms with Gasteiger partial charge >= 0.3 is 11.9 Å². The molecule has 2 unspecified atom stereocenters. The average Bonchev–Trinajstić information content (AvgIpc) is 3.40. The Morgan fingerprint density at radius 1 is 0.403 bits per heavy atom. The summed E-state index contributed by atoms with van der Waals surface area (Å²) < 4.78 is 22.7. The third kappa shape index (κ3) is 59.2. The molecule has 0 saturated heterocycles. The number of hydrogen-bond donors (Lipinski definition) is 0. The standard InChI is InChI=1S/C68H113NO8/c1-6-8-10-12-14-16-18-20-22-23-24-25-26-27-28-29-30-31-32-33-34-35-36-37-38-39-40-41-42-43-45-47-49-51-53-55-57-59-66(71)77-64(63-76-68(67(72)73)74-61-60-69(3,4)5)62-75-65(70)58-56-54-52-50-48-46-44-21-19-17-15-13-11-9-7-2/h8,10,14,16,20,22,24-25,27-28,30-31,33-34,36-37,39-40,42-43,64,68H,6-7,9,11-13,15,17-19,21,23,26,29,32,35,38,41,44-63H2,1-5H3/b10-8-,16-14-,22-20-,25-24-,28-27-,31-30-,34-33-,37-36-,40-39-,43-42-. The predicted octanol–water partition coefficient (Wildman–Crippen LogP) is 17.1. The Balaban J connectivity index is 4.23. The Labute approximate surface area is 472 Å². The highest BCUT2D eigenvalue weighted by atomic mass is 16.7. The summed E-state index contributed by atoms with van der Waals surface area (Å²) in [5, 5.41) is 11.8. The number of carbonyl (C=O) groups excluding carboxylic acids is 3. The monoisotopic (exact) mass is 1070 g/mol. The van der Waals surface area contributed by atoms with Crippen molar-refractivity contribution < 1.29 is 42.9 Å². The largest absolute Gasteiger partial charge is 0.545 e. The van der Waals surface area contributed by atoms with Crippen LogP contribution in [-0.2, 0) is 33.3 Å². The smallest absolute Gasteiger partial charge is 0.306 e. The van der Waals surface area contributed by atoms with Crippen LogP contribution in [0.3, 0.4) is 0 Å². The molecule has 0 aromatic heterocycles. The van der Waals surface area contributed by atoms with Gasteiger partial charge in [-0.3, -0.25) is 9.59 Å². The molecule has 0 radical (unpaired) electrons.